The number of rotatable bonds is 2. The van der Waals surface area contributed by atoms with E-state index in [2.05, 4.69) is 10.2 Å². The highest BCUT2D eigenvalue weighted by Crippen LogP contribution is 2.61. The van der Waals surface area contributed by atoms with Gasteiger partial charge in [0.1, 0.15) is 11.6 Å². The van der Waals surface area contributed by atoms with Gasteiger partial charge in [-0.15, -0.1) is 0 Å². The van der Waals surface area contributed by atoms with E-state index in [1.807, 2.05) is 11.0 Å². The molecule has 1 aromatic rings. The minimum atomic E-state index is -0.633. The third-order valence-electron chi connectivity index (χ3n) is 7.43. The Balaban J connectivity index is 1.33. The summed E-state index contributed by atoms with van der Waals surface area (Å²) in [6.45, 7) is 1.72. The topological polar surface area (TPSA) is 45.0 Å². The highest BCUT2D eigenvalue weighted by Gasteiger charge is 2.57. The Labute approximate surface area is 162 Å². The van der Waals surface area contributed by atoms with Crippen LogP contribution in [0.1, 0.15) is 37.7 Å². The summed E-state index contributed by atoms with van der Waals surface area (Å²) >= 11 is 0. The fraction of sp³-hybridized carbons (Fsp3) is 0.500. The molecule has 1 aromatic carbocycles. The van der Waals surface area contributed by atoms with E-state index in [-0.39, 0.29) is 29.0 Å². The summed E-state index contributed by atoms with van der Waals surface area (Å²) in [7, 11) is 0. The van der Waals surface area contributed by atoms with E-state index in [0.29, 0.717) is 11.3 Å². The van der Waals surface area contributed by atoms with Gasteiger partial charge in [-0.2, -0.15) is 10.2 Å². The Morgan fingerprint density at radius 2 is 1.89 bits per heavy atom. The number of hydrogen-bond donors (Lipinski definition) is 0. The largest absolute Gasteiger partial charge is 0.338 e. The summed E-state index contributed by atoms with van der Waals surface area (Å²) in [5.74, 6) is -0.431. The second-order valence-electron chi connectivity index (χ2n) is 9.03. The van der Waals surface area contributed by atoms with Crippen LogP contribution in [0.2, 0.25) is 0 Å². The summed E-state index contributed by atoms with van der Waals surface area (Å²) in [4.78, 5) is 15.0. The number of allylic oxidation sites excluding steroid dienone is 2. The molecule has 6 rings (SSSR count). The average Bonchev–Trinajstić information content (AvgIpc) is 3.32. The Hall–Kier alpha value is -2.37. The van der Waals surface area contributed by atoms with Crippen LogP contribution >= 0.6 is 0 Å². The minimum absolute atomic E-state index is 0.0936. The molecule has 1 spiro atoms. The number of amides is 1. The van der Waals surface area contributed by atoms with Gasteiger partial charge in [0.05, 0.1) is 17.0 Å². The Morgan fingerprint density at radius 1 is 1.14 bits per heavy atom. The van der Waals surface area contributed by atoms with Crippen molar-refractivity contribution in [2.75, 3.05) is 13.1 Å². The van der Waals surface area contributed by atoms with Crippen molar-refractivity contribution in [3.8, 4) is 0 Å². The first-order valence-electron chi connectivity index (χ1n) is 10.2. The lowest BCUT2D eigenvalue weighted by Gasteiger charge is -2.56. The van der Waals surface area contributed by atoms with E-state index in [1.165, 1.54) is 37.5 Å². The Kier molecular flexibility index (Phi) is 3.30. The summed E-state index contributed by atoms with van der Waals surface area (Å²) in [5.41, 5.74) is 2.03. The minimum Gasteiger partial charge on any atom is -0.338 e. The van der Waals surface area contributed by atoms with Crippen LogP contribution in [-0.2, 0) is 4.79 Å². The third kappa shape index (κ3) is 2.23. The molecule has 0 bridgehead atoms. The summed E-state index contributed by atoms with van der Waals surface area (Å²) in [6.07, 6.45) is 7.25. The molecule has 28 heavy (non-hydrogen) atoms. The van der Waals surface area contributed by atoms with Gasteiger partial charge in [0.2, 0.25) is 0 Å². The number of benzene rings is 1. The van der Waals surface area contributed by atoms with Crippen LogP contribution in [0.5, 0.6) is 0 Å². The zero-order chi connectivity index (χ0) is 19.0. The van der Waals surface area contributed by atoms with Gasteiger partial charge < -0.3 is 4.90 Å². The van der Waals surface area contributed by atoms with Crippen LogP contribution in [-0.4, -0.2) is 23.9 Å². The number of azo groups is 1. The maximum atomic E-state index is 14.2. The smallest absolute Gasteiger partial charge is 0.251 e. The standard InChI is InChI=1S/C22H21F2N3O/c23-15-3-1-4-16(24)19(15)17-9-14-12-5-6-13(20(18(12)14)26-25-17)21(28)27-10-22(11-27)7-2-8-22/h1,3-4,9,12,14,18H,2,5-8,10-11H2/t12-,14?,18?/m1/s1. The predicted octanol–water partition coefficient (Wildman–Crippen LogP) is 4.69. The molecule has 2 heterocycles. The zero-order valence-corrected chi connectivity index (χ0v) is 15.5. The van der Waals surface area contributed by atoms with Crippen LogP contribution in [0.3, 0.4) is 0 Å². The first-order valence-corrected chi connectivity index (χ1v) is 10.2. The molecule has 6 heteroatoms. The van der Waals surface area contributed by atoms with Gasteiger partial charge in [-0.1, -0.05) is 18.6 Å². The predicted molar refractivity (Wildman–Crippen MR) is 98.8 cm³/mol. The van der Waals surface area contributed by atoms with E-state index >= 15 is 0 Å². The number of likely N-dealkylation sites (tertiary alicyclic amines) is 1. The maximum absolute atomic E-state index is 14.2. The first kappa shape index (κ1) is 16.6. The zero-order valence-electron chi connectivity index (χ0n) is 15.5. The summed E-state index contributed by atoms with van der Waals surface area (Å²) in [5, 5.41) is 8.56. The van der Waals surface area contributed by atoms with Gasteiger partial charge in [0, 0.05) is 30.0 Å². The quantitative estimate of drug-likeness (QED) is 0.733. The molecule has 5 aliphatic rings. The monoisotopic (exact) mass is 381 g/mol. The lowest BCUT2D eigenvalue weighted by Crippen LogP contribution is -2.61. The van der Waals surface area contributed by atoms with E-state index in [9.17, 15) is 13.6 Å². The lowest BCUT2D eigenvalue weighted by atomic mass is 9.63. The van der Waals surface area contributed by atoms with E-state index in [0.717, 1.165) is 37.2 Å². The molecule has 4 nitrogen and oxygen atoms in total. The summed E-state index contributed by atoms with van der Waals surface area (Å²) < 4.78 is 28.4. The van der Waals surface area contributed by atoms with Gasteiger partial charge in [-0.3, -0.25) is 4.79 Å². The van der Waals surface area contributed by atoms with Crippen LogP contribution in [0.4, 0.5) is 8.78 Å². The third-order valence-corrected chi connectivity index (χ3v) is 7.43. The van der Waals surface area contributed by atoms with E-state index < -0.39 is 11.6 Å². The van der Waals surface area contributed by atoms with Crippen molar-refractivity contribution in [2.24, 2.45) is 33.4 Å². The molecule has 1 saturated heterocycles. The molecule has 2 unspecified atom stereocenters. The van der Waals surface area contributed by atoms with Crippen molar-refractivity contribution < 1.29 is 13.6 Å². The molecule has 3 fully saturated rings. The number of hydrogen-bond acceptors (Lipinski definition) is 3. The lowest BCUT2D eigenvalue weighted by molar-refractivity contribution is -0.145. The van der Waals surface area contributed by atoms with Crippen LogP contribution in [0, 0.1) is 34.8 Å². The van der Waals surface area contributed by atoms with Gasteiger partial charge in [-0.25, -0.2) is 8.78 Å². The van der Waals surface area contributed by atoms with Crippen LogP contribution in [0.15, 0.2) is 45.8 Å². The number of carbonyl (C=O) groups is 1. The number of carbonyl (C=O) groups excluding carboxylic acids is 1. The molecule has 0 N–H and O–H groups in total. The fourth-order valence-electron chi connectivity index (χ4n) is 5.66. The van der Waals surface area contributed by atoms with Crippen LogP contribution in [0.25, 0.3) is 5.70 Å². The SMILES string of the molecule is O=C(C1=C2N=NC(c3c(F)cccc3F)=CC3C2[C@@H]3CC1)N1CC2(CCC2)C1. The van der Waals surface area contributed by atoms with Gasteiger partial charge in [-0.05, 0) is 49.7 Å². The fourth-order valence-corrected chi connectivity index (χ4v) is 5.66. The Bertz CT molecular complexity index is 963. The molecular weight excluding hydrogens is 360 g/mol. The molecule has 0 radical (unpaired) electrons. The van der Waals surface area contributed by atoms with Crippen molar-refractivity contribution in [1.82, 2.24) is 4.90 Å². The van der Waals surface area contributed by atoms with Gasteiger partial charge in [0.15, 0.2) is 0 Å². The molecule has 3 atom stereocenters. The highest BCUT2D eigenvalue weighted by atomic mass is 19.1. The van der Waals surface area contributed by atoms with Crippen molar-refractivity contribution in [2.45, 2.75) is 32.1 Å². The molecule has 1 amide bonds. The molecular formula is C22H21F2N3O. The molecule has 144 valence electrons. The van der Waals surface area contributed by atoms with Crippen LogP contribution < -0.4 is 0 Å². The first-order chi connectivity index (χ1) is 13.6. The van der Waals surface area contributed by atoms with Crippen molar-refractivity contribution in [1.29, 1.82) is 0 Å². The maximum Gasteiger partial charge on any atom is 0.251 e. The molecule has 0 aromatic heterocycles. The normalized spacial score (nSPS) is 31.6. The Morgan fingerprint density at radius 3 is 2.57 bits per heavy atom. The van der Waals surface area contributed by atoms with Crippen molar-refractivity contribution >= 4 is 11.6 Å². The van der Waals surface area contributed by atoms with Gasteiger partial charge >= 0.3 is 0 Å². The second kappa shape index (κ2) is 5.58. The average molecular weight is 381 g/mol. The molecule has 2 saturated carbocycles. The van der Waals surface area contributed by atoms with Gasteiger partial charge in [0.25, 0.3) is 5.91 Å². The van der Waals surface area contributed by atoms with Crippen molar-refractivity contribution in [3.05, 3.63) is 52.7 Å². The number of nitrogens with zero attached hydrogens (tertiary/aromatic N) is 3. The van der Waals surface area contributed by atoms with E-state index in [1.54, 1.807) is 0 Å². The highest BCUT2D eigenvalue weighted by molar-refractivity contribution is 5.95. The second-order valence-corrected chi connectivity index (χ2v) is 9.03. The van der Waals surface area contributed by atoms with Crippen molar-refractivity contribution in [3.63, 3.8) is 0 Å². The molecule has 2 aliphatic heterocycles. The number of halogens is 2. The molecule has 3 aliphatic carbocycles. The van der Waals surface area contributed by atoms with E-state index in [4.69, 9.17) is 0 Å². The number of fused-ring (bicyclic) bond motifs is 1. The summed E-state index contributed by atoms with van der Waals surface area (Å²) in [6, 6.07) is 3.82.